The van der Waals surface area contributed by atoms with E-state index < -0.39 is 22.0 Å². The molecule has 0 saturated carbocycles. The number of rotatable bonds is 8. The average Bonchev–Trinajstić information content (AvgIpc) is 2.76. The van der Waals surface area contributed by atoms with Crippen molar-refractivity contribution in [2.45, 2.75) is 19.8 Å². The SMILES string of the molecule is CC(C)c1ccccc1NC(=O)COc1ccc(/C=C\c2nc(O)c([N+](=O)[O-])c(=O)[nH]2)cc1. The molecule has 170 valence electrons. The summed E-state index contributed by atoms with van der Waals surface area (Å²) < 4.78 is 5.53. The summed E-state index contributed by atoms with van der Waals surface area (Å²) in [5.74, 6) is -0.520. The van der Waals surface area contributed by atoms with Crippen molar-refractivity contribution in [1.82, 2.24) is 9.97 Å². The Morgan fingerprint density at radius 1 is 1.21 bits per heavy atom. The molecule has 10 heteroatoms. The number of carbonyl (C=O) groups is 1. The molecule has 0 bridgehead atoms. The number of hydrogen-bond donors (Lipinski definition) is 3. The number of ether oxygens (including phenoxy) is 1. The highest BCUT2D eigenvalue weighted by molar-refractivity contribution is 5.92. The number of benzene rings is 2. The van der Waals surface area contributed by atoms with Crippen LogP contribution in [0.4, 0.5) is 11.4 Å². The fraction of sp³-hybridized carbons (Fsp3) is 0.174. The number of para-hydroxylation sites is 1. The summed E-state index contributed by atoms with van der Waals surface area (Å²) >= 11 is 0. The van der Waals surface area contributed by atoms with Crippen molar-refractivity contribution in [2.24, 2.45) is 0 Å². The van der Waals surface area contributed by atoms with Crippen molar-refractivity contribution in [3.8, 4) is 11.6 Å². The Morgan fingerprint density at radius 2 is 1.91 bits per heavy atom. The summed E-state index contributed by atoms with van der Waals surface area (Å²) in [6, 6.07) is 14.4. The van der Waals surface area contributed by atoms with Crippen LogP contribution in [0.2, 0.25) is 0 Å². The molecule has 0 spiro atoms. The zero-order valence-electron chi connectivity index (χ0n) is 17.9. The topological polar surface area (TPSA) is 147 Å². The summed E-state index contributed by atoms with van der Waals surface area (Å²) in [6.45, 7) is 3.94. The largest absolute Gasteiger partial charge is 0.488 e. The Labute approximate surface area is 188 Å². The third-order valence-corrected chi connectivity index (χ3v) is 4.62. The van der Waals surface area contributed by atoms with Crippen molar-refractivity contribution in [1.29, 1.82) is 0 Å². The van der Waals surface area contributed by atoms with Gasteiger partial charge < -0.3 is 20.1 Å². The number of hydrogen-bond acceptors (Lipinski definition) is 7. The van der Waals surface area contributed by atoms with Crippen molar-refractivity contribution >= 4 is 29.4 Å². The molecule has 0 atom stereocenters. The van der Waals surface area contributed by atoms with Crippen molar-refractivity contribution < 1.29 is 19.6 Å². The highest BCUT2D eigenvalue weighted by Crippen LogP contribution is 2.23. The fourth-order valence-corrected chi connectivity index (χ4v) is 3.02. The number of H-pyrrole nitrogens is 1. The van der Waals surface area contributed by atoms with Crippen LogP contribution in [0.15, 0.2) is 53.3 Å². The lowest BCUT2D eigenvalue weighted by atomic mass is 10.0. The van der Waals surface area contributed by atoms with Crippen LogP contribution in [0.25, 0.3) is 12.2 Å². The minimum Gasteiger partial charge on any atom is -0.488 e. The van der Waals surface area contributed by atoms with Gasteiger partial charge >= 0.3 is 11.2 Å². The second-order valence-electron chi connectivity index (χ2n) is 7.36. The number of nitrogens with one attached hydrogen (secondary N) is 2. The van der Waals surface area contributed by atoms with Gasteiger partial charge in [0.25, 0.3) is 11.8 Å². The highest BCUT2D eigenvalue weighted by Gasteiger charge is 2.21. The Morgan fingerprint density at radius 3 is 2.55 bits per heavy atom. The van der Waals surface area contributed by atoms with E-state index in [4.69, 9.17) is 4.74 Å². The number of nitrogens with zero attached hydrogens (tertiary/aromatic N) is 2. The van der Waals surface area contributed by atoms with E-state index in [2.05, 4.69) is 29.1 Å². The second kappa shape index (κ2) is 10.2. The maximum Gasteiger partial charge on any atom is 0.395 e. The lowest BCUT2D eigenvalue weighted by molar-refractivity contribution is -0.387. The monoisotopic (exact) mass is 450 g/mol. The van der Waals surface area contributed by atoms with E-state index in [0.29, 0.717) is 11.3 Å². The molecule has 0 fully saturated rings. The summed E-state index contributed by atoms with van der Waals surface area (Å²) in [7, 11) is 0. The molecule has 3 N–H and O–H groups in total. The number of aromatic nitrogens is 2. The van der Waals surface area contributed by atoms with E-state index in [0.717, 1.165) is 11.3 Å². The van der Waals surface area contributed by atoms with Crippen LogP contribution >= 0.6 is 0 Å². The molecule has 3 rings (SSSR count). The third-order valence-electron chi connectivity index (χ3n) is 4.62. The van der Waals surface area contributed by atoms with Gasteiger partial charge in [0.05, 0.1) is 4.92 Å². The van der Waals surface area contributed by atoms with Crippen molar-refractivity contribution in [3.05, 3.63) is 86.0 Å². The molecular weight excluding hydrogens is 428 g/mol. The van der Waals surface area contributed by atoms with Crippen LogP contribution in [0.3, 0.4) is 0 Å². The average molecular weight is 450 g/mol. The smallest absolute Gasteiger partial charge is 0.395 e. The molecule has 0 saturated heterocycles. The number of anilines is 1. The zero-order valence-corrected chi connectivity index (χ0v) is 17.9. The Balaban J connectivity index is 1.59. The summed E-state index contributed by atoms with van der Waals surface area (Å²) in [4.78, 5) is 39.5. The number of aromatic hydroxyl groups is 1. The lowest BCUT2D eigenvalue weighted by Gasteiger charge is -2.14. The van der Waals surface area contributed by atoms with Crippen LogP contribution in [-0.4, -0.2) is 32.5 Å². The maximum atomic E-state index is 12.3. The van der Waals surface area contributed by atoms with E-state index in [1.807, 2.05) is 24.3 Å². The van der Waals surface area contributed by atoms with E-state index in [-0.39, 0.29) is 24.3 Å². The first-order chi connectivity index (χ1) is 15.7. The molecule has 1 aromatic heterocycles. The standard InChI is InChI=1S/C23H22N4O6/c1-14(2)17-5-3-4-6-18(17)24-20(28)13-33-16-10-7-15(8-11-16)9-12-19-25-22(29)21(27(31)32)23(30)26-19/h3-12,14H,13H2,1-2H3,(H,24,28)(H2,25,26,29,30)/b12-9-. The van der Waals surface area contributed by atoms with Crippen molar-refractivity contribution in [3.63, 3.8) is 0 Å². The molecule has 2 aromatic carbocycles. The van der Waals surface area contributed by atoms with Crippen LogP contribution in [0, 0.1) is 10.1 Å². The Hall–Kier alpha value is -4.47. The van der Waals surface area contributed by atoms with Crippen LogP contribution in [0.5, 0.6) is 11.6 Å². The first kappa shape index (κ1) is 23.2. The minimum atomic E-state index is -1.05. The molecule has 0 aliphatic heterocycles. The van der Waals surface area contributed by atoms with Crippen LogP contribution in [0.1, 0.15) is 36.7 Å². The van der Waals surface area contributed by atoms with Gasteiger partial charge in [-0.05, 0) is 41.3 Å². The summed E-state index contributed by atoms with van der Waals surface area (Å²) in [5.41, 5.74) is 0.443. The van der Waals surface area contributed by atoms with Crippen molar-refractivity contribution in [2.75, 3.05) is 11.9 Å². The number of amides is 1. The van der Waals surface area contributed by atoms with Gasteiger partial charge in [0.15, 0.2) is 6.61 Å². The second-order valence-corrected chi connectivity index (χ2v) is 7.36. The highest BCUT2D eigenvalue weighted by atomic mass is 16.6. The van der Waals surface area contributed by atoms with Gasteiger partial charge in [0.2, 0.25) is 0 Å². The van der Waals surface area contributed by atoms with E-state index in [1.165, 1.54) is 6.08 Å². The molecule has 0 radical (unpaired) electrons. The van der Waals surface area contributed by atoms with E-state index >= 15 is 0 Å². The van der Waals surface area contributed by atoms with Gasteiger partial charge in [-0.25, -0.2) is 0 Å². The fourth-order valence-electron chi connectivity index (χ4n) is 3.02. The summed E-state index contributed by atoms with van der Waals surface area (Å²) in [6.07, 6.45) is 2.98. The predicted molar refractivity (Wildman–Crippen MR) is 123 cm³/mol. The molecule has 0 aliphatic carbocycles. The van der Waals surface area contributed by atoms with E-state index in [9.17, 15) is 24.8 Å². The molecule has 0 unspecified atom stereocenters. The molecule has 0 aliphatic rings. The maximum absolute atomic E-state index is 12.3. The van der Waals surface area contributed by atoms with Gasteiger partial charge in [0.1, 0.15) is 11.6 Å². The normalized spacial score (nSPS) is 11.0. The molecular formula is C23H22N4O6. The first-order valence-electron chi connectivity index (χ1n) is 10.0. The van der Waals surface area contributed by atoms with E-state index in [1.54, 1.807) is 30.3 Å². The predicted octanol–water partition coefficient (Wildman–Crippen LogP) is 3.70. The molecule has 33 heavy (non-hydrogen) atoms. The lowest BCUT2D eigenvalue weighted by Crippen LogP contribution is -2.21. The van der Waals surface area contributed by atoms with Gasteiger partial charge in [-0.2, -0.15) is 4.98 Å². The molecule has 1 amide bonds. The number of aromatic amines is 1. The van der Waals surface area contributed by atoms with Crippen LogP contribution in [-0.2, 0) is 4.79 Å². The van der Waals surface area contributed by atoms with Gasteiger partial charge in [0, 0.05) is 5.69 Å². The minimum absolute atomic E-state index is 0.0400. The zero-order chi connectivity index (χ0) is 24.0. The van der Waals surface area contributed by atoms with Gasteiger partial charge in [-0.1, -0.05) is 50.3 Å². The number of nitro groups is 1. The Kier molecular flexibility index (Phi) is 7.19. The molecule has 10 nitrogen and oxygen atoms in total. The Bertz CT molecular complexity index is 1250. The van der Waals surface area contributed by atoms with Gasteiger partial charge in [-0.3, -0.25) is 19.7 Å². The van der Waals surface area contributed by atoms with Crippen LogP contribution < -0.4 is 15.6 Å². The number of carbonyl (C=O) groups excluding carboxylic acids is 1. The molecule has 3 aromatic rings. The third kappa shape index (κ3) is 6.03. The quantitative estimate of drug-likeness (QED) is 0.350. The first-order valence-corrected chi connectivity index (χ1v) is 10.0. The summed E-state index contributed by atoms with van der Waals surface area (Å²) in [5, 5.41) is 23.1. The van der Waals surface area contributed by atoms with Gasteiger partial charge in [-0.15, -0.1) is 0 Å². The molecule has 1 heterocycles.